The summed E-state index contributed by atoms with van der Waals surface area (Å²) in [6, 6.07) is 20.3. The first kappa shape index (κ1) is 24.1. The van der Waals surface area contributed by atoms with Crippen LogP contribution in [0, 0.1) is 17.7 Å². The van der Waals surface area contributed by atoms with Gasteiger partial charge < -0.3 is 9.80 Å². The topological polar surface area (TPSA) is 40.6 Å². The molecule has 3 aromatic rings. The van der Waals surface area contributed by atoms with Crippen LogP contribution >= 0.6 is 11.3 Å². The molecule has 2 aromatic carbocycles. The Morgan fingerprint density at radius 3 is 2.35 bits per heavy atom. The van der Waals surface area contributed by atoms with Crippen molar-refractivity contribution < 1.29 is 14.0 Å². The zero-order valence-corrected chi connectivity index (χ0v) is 20.5. The molecule has 0 bridgehead atoms. The lowest BCUT2D eigenvalue weighted by molar-refractivity contribution is -0.142. The fourth-order valence-electron chi connectivity index (χ4n) is 4.34. The molecule has 1 heterocycles. The predicted molar refractivity (Wildman–Crippen MR) is 134 cm³/mol. The number of thiophene rings is 1. The fraction of sp³-hybridized carbons (Fsp3) is 0.357. The van der Waals surface area contributed by atoms with Gasteiger partial charge in [0.1, 0.15) is 5.82 Å². The van der Waals surface area contributed by atoms with E-state index in [4.69, 9.17) is 0 Å². The molecule has 34 heavy (non-hydrogen) atoms. The third-order valence-electron chi connectivity index (χ3n) is 6.12. The third-order valence-corrected chi connectivity index (χ3v) is 6.99. The number of hydrogen-bond acceptors (Lipinski definition) is 3. The van der Waals surface area contributed by atoms with Crippen molar-refractivity contribution in [3.63, 3.8) is 0 Å². The Hall–Kier alpha value is -2.99. The first-order valence-corrected chi connectivity index (χ1v) is 12.7. The van der Waals surface area contributed by atoms with Gasteiger partial charge in [0.2, 0.25) is 11.8 Å². The van der Waals surface area contributed by atoms with Crippen molar-refractivity contribution in [2.45, 2.75) is 39.3 Å². The quantitative estimate of drug-likeness (QED) is 0.375. The Balaban J connectivity index is 1.48. The summed E-state index contributed by atoms with van der Waals surface area (Å²) in [5, 5.41) is 1.99. The highest BCUT2D eigenvalue weighted by atomic mass is 32.1. The van der Waals surface area contributed by atoms with Crippen LogP contribution in [0.2, 0.25) is 0 Å². The summed E-state index contributed by atoms with van der Waals surface area (Å²) >= 11 is 1.60. The van der Waals surface area contributed by atoms with Gasteiger partial charge in [0.15, 0.2) is 0 Å². The van der Waals surface area contributed by atoms with E-state index >= 15 is 0 Å². The summed E-state index contributed by atoms with van der Waals surface area (Å²) in [7, 11) is 0. The van der Waals surface area contributed by atoms with Crippen LogP contribution < -0.4 is 0 Å². The van der Waals surface area contributed by atoms with E-state index in [0.717, 1.165) is 16.9 Å². The summed E-state index contributed by atoms with van der Waals surface area (Å²) in [6.07, 6.45) is 0.833. The fourth-order valence-corrected chi connectivity index (χ4v) is 5.06. The van der Waals surface area contributed by atoms with Gasteiger partial charge in [-0.3, -0.25) is 9.59 Å². The number of halogens is 1. The number of carbonyl (C=O) groups excluding carboxylic acids is 2. The van der Waals surface area contributed by atoms with Crippen molar-refractivity contribution in [1.82, 2.24) is 9.80 Å². The molecule has 2 amide bonds. The molecule has 2 atom stereocenters. The van der Waals surface area contributed by atoms with Crippen LogP contribution in [0.25, 0.3) is 0 Å². The molecular weight excluding hydrogens is 447 g/mol. The van der Waals surface area contributed by atoms with Crippen LogP contribution in [0.3, 0.4) is 0 Å². The Kier molecular flexibility index (Phi) is 7.78. The first-order valence-electron chi connectivity index (χ1n) is 11.8. The average Bonchev–Trinajstić information content (AvgIpc) is 3.46. The van der Waals surface area contributed by atoms with Gasteiger partial charge in [-0.2, -0.15) is 0 Å². The van der Waals surface area contributed by atoms with E-state index < -0.39 is 0 Å². The number of rotatable bonds is 10. The molecule has 0 radical (unpaired) electrons. The number of hydrogen-bond donors (Lipinski definition) is 0. The van der Waals surface area contributed by atoms with E-state index in [2.05, 4.69) is 26.0 Å². The second kappa shape index (κ2) is 11.0. The Labute approximate surface area is 205 Å². The Morgan fingerprint density at radius 2 is 1.71 bits per heavy atom. The third kappa shape index (κ3) is 6.32. The molecule has 0 saturated heterocycles. The van der Waals surface area contributed by atoms with Gasteiger partial charge in [-0.25, -0.2) is 4.39 Å². The minimum Gasteiger partial charge on any atom is -0.333 e. The molecule has 0 N–H and O–H groups in total. The predicted octanol–water partition coefficient (Wildman–Crippen LogP) is 5.70. The van der Waals surface area contributed by atoms with Gasteiger partial charge >= 0.3 is 0 Å². The molecule has 6 heteroatoms. The van der Waals surface area contributed by atoms with Crippen LogP contribution in [0.15, 0.2) is 72.1 Å². The number of amides is 2. The highest BCUT2D eigenvalue weighted by Gasteiger charge is 2.46. The maximum Gasteiger partial charge on any atom is 0.242 e. The smallest absolute Gasteiger partial charge is 0.242 e. The van der Waals surface area contributed by atoms with E-state index in [0.29, 0.717) is 19.6 Å². The standard InChI is InChI=1S/C28H31FN2O2S/c1-20(2)16-31(28(33)26-15-25(26)22-7-4-3-5-8-22)19-27(32)30(18-24-9-6-14-34-24)17-21-10-12-23(29)13-11-21/h3-14,20,25-26H,15-19H2,1-2H3. The van der Waals surface area contributed by atoms with Crippen LogP contribution in [0.1, 0.15) is 42.2 Å². The summed E-state index contributed by atoms with van der Waals surface area (Å²) in [4.78, 5) is 31.5. The van der Waals surface area contributed by atoms with Crippen molar-refractivity contribution in [3.8, 4) is 0 Å². The summed E-state index contributed by atoms with van der Waals surface area (Å²) in [5.41, 5.74) is 2.05. The molecule has 0 spiro atoms. The van der Waals surface area contributed by atoms with E-state index in [1.165, 1.54) is 17.7 Å². The van der Waals surface area contributed by atoms with Crippen molar-refractivity contribution in [3.05, 3.63) is 93.9 Å². The highest BCUT2D eigenvalue weighted by Crippen LogP contribution is 2.48. The van der Waals surface area contributed by atoms with Crippen LogP contribution in [0.5, 0.6) is 0 Å². The van der Waals surface area contributed by atoms with Crippen molar-refractivity contribution in [2.75, 3.05) is 13.1 Å². The first-order chi connectivity index (χ1) is 16.4. The zero-order valence-electron chi connectivity index (χ0n) is 19.7. The Bertz CT molecular complexity index is 1080. The summed E-state index contributed by atoms with van der Waals surface area (Å²) in [6.45, 7) is 5.57. The number of benzene rings is 2. The lowest BCUT2D eigenvalue weighted by atomic mass is 10.1. The van der Waals surface area contributed by atoms with Crippen LogP contribution in [0.4, 0.5) is 4.39 Å². The monoisotopic (exact) mass is 478 g/mol. The van der Waals surface area contributed by atoms with E-state index in [-0.39, 0.29) is 41.9 Å². The molecule has 4 rings (SSSR count). The molecule has 1 fully saturated rings. The van der Waals surface area contributed by atoms with E-state index in [9.17, 15) is 14.0 Å². The zero-order chi connectivity index (χ0) is 24.1. The molecule has 1 aromatic heterocycles. The minimum absolute atomic E-state index is 0.0571. The van der Waals surface area contributed by atoms with E-state index in [1.54, 1.807) is 33.3 Å². The van der Waals surface area contributed by atoms with Gasteiger partial charge in [0.05, 0.1) is 13.1 Å². The molecule has 178 valence electrons. The second-order valence-electron chi connectivity index (χ2n) is 9.43. The Morgan fingerprint density at radius 1 is 0.971 bits per heavy atom. The van der Waals surface area contributed by atoms with Gasteiger partial charge in [-0.05, 0) is 53.0 Å². The van der Waals surface area contributed by atoms with Crippen molar-refractivity contribution >= 4 is 23.2 Å². The lowest BCUT2D eigenvalue weighted by Crippen LogP contribution is -2.44. The molecule has 1 aliphatic carbocycles. The molecule has 0 aliphatic heterocycles. The van der Waals surface area contributed by atoms with Gasteiger partial charge in [-0.1, -0.05) is 62.4 Å². The van der Waals surface area contributed by atoms with Gasteiger partial charge in [0.25, 0.3) is 0 Å². The number of nitrogens with zero attached hydrogens (tertiary/aromatic N) is 2. The molecule has 4 nitrogen and oxygen atoms in total. The number of carbonyl (C=O) groups is 2. The summed E-state index contributed by atoms with van der Waals surface area (Å²) < 4.78 is 13.4. The average molecular weight is 479 g/mol. The van der Waals surface area contributed by atoms with Crippen molar-refractivity contribution in [2.24, 2.45) is 11.8 Å². The summed E-state index contributed by atoms with van der Waals surface area (Å²) in [5.74, 6) is 0.105. The maximum atomic E-state index is 13.5. The van der Waals surface area contributed by atoms with Crippen LogP contribution in [-0.4, -0.2) is 34.7 Å². The van der Waals surface area contributed by atoms with Gasteiger partial charge in [0, 0.05) is 23.9 Å². The largest absolute Gasteiger partial charge is 0.333 e. The van der Waals surface area contributed by atoms with E-state index in [1.807, 2.05) is 35.7 Å². The molecule has 2 unspecified atom stereocenters. The second-order valence-corrected chi connectivity index (χ2v) is 10.5. The van der Waals surface area contributed by atoms with Gasteiger partial charge in [-0.15, -0.1) is 11.3 Å². The normalized spacial score (nSPS) is 16.9. The molecule has 1 saturated carbocycles. The molecule has 1 aliphatic rings. The van der Waals surface area contributed by atoms with Crippen molar-refractivity contribution in [1.29, 1.82) is 0 Å². The SMILES string of the molecule is CC(C)CN(CC(=O)N(Cc1ccc(F)cc1)Cc1cccs1)C(=O)C1CC1c1ccccc1. The highest BCUT2D eigenvalue weighted by molar-refractivity contribution is 7.09. The van der Waals surface area contributed by atoms with Crippen LogP contribution in [-0.2, 0) is 22.7 Å². The minimum atomic E-state index is -0.300. The molecular formula is C28H31FN2O2S. The lowest BCUT2D eigenvalue weighted by Gasteiger charge is -2.29. The maximum absolute atomic E-state index is 13.5.